The van der Waals surface area contributed by atoms with Crippen LogP contribution in [0.1, 0.15) is 18.9 Å². The SMILES string of the molecule is CCOC(=O)CCN(Cc1cccnc1)Cn1cc(Br)cn1. The topological polar surface area (TPSA) is 60.2 Å². The summed E-state index contributed by atoms with van der Waals surface area (Å²) in [5.74, 6) is -0.180. The molecule has 6 nitrogen and oxygen atoms in total. The molecule has 2 heterocycles. The van der Waals surface area contributed by atoms with Gasteiger partial charge >= 0.3 is 5.97 Å². The largest absolute Gasteiger partial charge is 0.466 e. The van der Waals surface area contributed by atoms with Crippen LogP contribution in [0.5, 0.6) is 0 Å². The number of hydrogen-bond donors (Lipinski definition) is 0. The molecule has 0 bridgehead atoms. The molecule has 0 radical (unpaired) electrons. The normalized spacial score (nSPS) is 10.9. The maximum absolute atomic E-state index is 11.6. The molecule has 0 unspecified atom stereocenters. The molecule has 0 atom stereocenters. The van der Waals surface area contributed by atoms with Crippen LogP contribution < -0.4 is 0 Å². The number of pyridine rings is 1. The number of ether oxygens (including phenoxy) is 1. The van der Waals surface area contributed by atoms with Crippen molar-refractivity contribution in [2.24, 2.45) is 0 Å². The van der Waals surface area contributed by atoms with Crippen molar-refractivity contribution < 1.29 is 9.53 Å². The van der Waals surface area contributed by atoms with Gasteiger partial charge in [0.05, 0.1) is 30.4 Å². The van der Waals surface area contributed by atoms with Crippen LogP contribution in [0.15, 0.2) is 41.4 Å². The lowest BCUT2D eigenvalue weighted by Crippen LogP contribution is -2.29. The fourth-order valence-corrected chi connectivity index (χ4v) is 2.38. The van der Waals surface area contributed by atoms with Crippen molar-refractivity contribution in [1.29, 1.82) is 0 Å². The monoisotopic (exact) mass is 366 g/mol. The van der Waals surface area contributed by atoms with Crippen LogP contribution in [0.25, 0.3) is 0 Å². The van der Waals surface area contributed by atoms with Gasteiger partial charge in [-0.3, -0.25) is 19.4 Å². The van der Waals surface area contributed by atoms with Crippen LogP contribution >= 0.6 is 15.9 Å². The van der Waals surface area contributed by atoms with E-state index in [1.165, 1.54) is 0 Å². The van der Waals surface area contributed by atoms with E-state index in [-0.39, 0.29) is 5.97 Å². The number of halogens is 1. The first kappa shape index (κ1) is 16.6. The zero-order chi connectivity index (χ0) is 15.8. The summed E-state index contributed by atoms with van der Waals surface area (Å²) in [5, 5.41) is 4.26. The Bertz CT molecular complexity index is 588. The smallest absolute Gasteiger partial charge is 0.307 e. The lowest BCUT2D eigenvalue weighted by molar-refractivity contribution is -0.143. The Kier molecular flexibility index (Phi) is 6.54. The van der Waals surface area contributed by atoms with E-state index >= 15 is 0 Å². The number of aromatic nitrogens is 3. The van der Waals surface area contributed by atoms with E-state index in [2.05, 4.69) is 30.9 Å². The van der Waals surface area contributed by atoms with E-state index in [1.54, 1.807) is 12.4 Å². The number of hydrogen-bond acceptors (Lipinski definition) is 5. The van der Waals surface area contributed by atoms with Crippen molar-refractivity contribution in [2.75, 3.05) is 13.2 Å². The van der Waals surface area contributed by atoms with E-state index in [9.17, 15) is 4.79 Å². The highest BCUT2D eigenvalue weighted by molar-refractivity contribution is 9.10. The molecular formula is C15H19BrN4O2. The van der Waals surface area contributed by atoms with Crippen molar-refractivity contribution in [3.8, 4) is 0 Å². The van der Waals surface area contributed by atoms with Gasteiger partial charge in [-0.25, -0.2) is 0 Å². The van der Waals surface area contributed by atoms with E-state index in [0.717, 1.165) is 10.0 Å². The Hall–Kier alpha value is -1.73. The number of nitrogens with zero attached hydrogens (tertiary/aromatic N) is 4. The summed E-state index contributed by atoms with van der Waals surface area (Å²) < 4.78 is 7.74. The highest BCUT2D eigenvalue weighted by atomic mass is 79.9. The van der Waals surface area contributed by atoms with Gasteiger partial charge in [0.25, 0.3) is 0 Å². The predicted molar refractivity (Wildman–Crippen MR) is 85.8 cm³/mol. The summed E-state index contributed by atoms with van der Waals surface area (Å²) in [6, 6.07) is 3.92. The molecular weight excluding hydrogens is 348 g/mol. The molecule has 0 N–H and O–H groups in total. The molecule has 0 spiro atoms. The maximum Gasteiger partial charge on any atom is 0.307 e. The van der Waals surface area contributed by atoms with E-state index in [0.29, 0.717) is 32.8 Å². The summed E-state index contributed by atoms with van der Waals surface area (Å²) in [7, 11) is 0. The molecule has 0 aliphatic rings. The minimum atomic E-state index is -0.180. The first-order valence-electron chi connectivity index (χ1n) is 7.12. The zero-order valence-corrected chi connectivity index (χ0v) is 14.1. The third-order valence-corrected chi connectivity index (χ3v) is 3.42. The second kappa shape index (κ2) is 8.65. The molecule has 0 fully saturated rings. The Morgan fingerprint density at radius 1 is 1.45 bits per heavy atom. The van der Waals surface area contributed by atoms with Crippen LogP contribution in [-0.4, -0.2) is 38.8 Å². The Balaban J connectivity index is 1.98. The number of carbonyl (C=O) groups is 1. The van der Waals surface area contributed by atoms with Crippen LogP contribution in [0.4, 0.5) is 0 Å². The van der Waals surface area contributed by atoms with Crippen LogP contribution in [0.2, 0.25) is 0 Å². The van der Waals surface area contributed by atoms with Crippen molar-refractivity contribution in [3.05, 3.63) is 47.0 Å². The molecule has 0 amide bonds. The Morgan fingerprint density at radius 2 is 2.32 bits per heavy atom. The molecule has 0 aliphatic carbocycles. The second-order valence-electron chi connectivity index (χ2n) is 4.81. The highest BCUT2D eigenvalue weighted by Gasteiger charge is 2.11. The molecule has 2 aromatic rings. The minimum absolute atomic E-state index is 0.180. The molecule has 22 heavy (non-hydrogen) atoms. The van der Waals surface area contributed by atoms with Crippen molar-refractivity contribution in [2.45, 2.75) is 26.6 Å². The lowest BCUT2D eigenvalue weighted by atomic mass is 10.2. The van der Waals surface area contributed by atoms with Crippen LogP contribution in [0, 0.1) is 0 Å². The summed E-state index contributed by atoms with van der Waals surface area (Å²) in [5.41, 5.74) is 1.09. The molecule has 2 aromatic heterocycles. The molecule has 2 rings (SSSR count). The van der Waals surface area contributed by atoms with Gasteiger partial charge in [0.2, 0.25) is 0 Å². The fraction of sp³-hybridized carbons (Fsp3) is 0.400. The van der Waals surface area contributed by atoms with Crippen LogP contribution in [-0.2, 0) is 22.7 Å². The first-order valence-corrected chi connectivity index (χ1v) is 7.91. The maximum atomic E-state index is 11.6. The minimum Gasteiger partial charge on any atom is -0.466 e. The number of esters is 1. The van der Waals surface area contributed by atoms with E-state index in [1.807, 2.05) is 36.1 Å². The van der Waals surface area contributed by atoms with Gasteiger partial charge in [-0.2, -0.15) is 5.10 Å². The third kappa shape index (κ3) is 5.57. The van der Waals surface area contributed by atoms with Crippen LogP contribution in [0.3, 0.4) is 0 Å². The second-order valence-corrected chi connectivity index (χ2v) is 5.72. The Morgan fingerprint density at radius 3 is 2.95 bits per heavy atom. The molecule has 0 aromatic carbocycles. The van der Waals surface area contributed by atoms with Crippen molar-refractivity contribution in [3.63, 3.8) is 0 Å². The van der Waals surface area contributed by atoms with Gasteiger partial charge in [0.1, 0.15) is 0 Å². The summed E-state index contributed by atoms with van der Waals surface area (Å²) in [6.45, 7) is 4.12. The Labute approximate surface area is 138 Å². The average Bonchev–Trinajstić information content (AvgIpc) is 2.91. The highest BCUT2D eigenvalue weighted by Crippen LogP contribution is 2.09. The van der Waals surface area contributed by atoms with Gasteiger partial charge in [0.15, 0.2) is 0 Å². The van der Waals surface area contributed by atoms with Gasteiger partial charge < -0.3 is 4.74 Å². The standard InChI is InChI=1S/C15H19BrN4O2/c1-2-22-15(21)5-7-19(10-13-4-3-6-17-8-13)12-20-11-14(16)9-18-20/h3-4,6,8-9,11H,2,5,7,10,12H2,1H3. The molecule has 0 saturated heterocycles. The van der Waals surface area contributed by atoms with Gasteiger partial charge in [-0.05, 0) is 34.5 Å². The molecule has 0 saturated carbocycles. The molecule has 7 heteroatoms. The summed E-state index contributed by atoms with van der Waals surface area (Å²) in [4.78, 5) is 17.8. The lowest BCUT2D eigenvalue weighted by Gasteiger charge is -2.21. The predicted octanol–water partition coefficient (Wildman–Crippen LogP) is 2.45. The molecule has 118 valence electrons. The van der Waals surface area contributed by atoms with Gasteiger partial charge in [-0.15, -0.1) is 0 Å². The zero-order valence-electron chi connectivity index (χ0n) is 12.5. The van der Waals surface area contributed by atoms with Crippen molar-refractivity contribution in [1.82, 2.24) is 19.7 Å². The average molecular weight is 367 g/mol. The summed E-state index contributed by atoms with van der Waals surface area (Å²) >= 11 is 3.39. The van der Waals surface area contributed by atoms with E-state index < -0.39 is 0 Å². The summed E-state index contributed by atoms with van der Waals surface area (Å²) in [6.07, 6.45) is 7.58. The fourth-order valence-electron chi connectivity index (χ4n) is 2.05. The van der Waals surface area contributed by atoms with Gasteiger partial charge in [-0.1, -0.05) is 6.07 Å². The quantitative estimate of drug-likeness (QED) is 0.671. The van der Waals surface area contributed by atoms with E-state index in [4.69, 9.17) is 4.74 Å². The third-order valence-electron chi connectivity index (χ3n) is 3.01. The van der Waals surface area contributed by atoms with Crippen molar-refractivity contribution >= 4 is 21.9 Å². The molecule has 0 aliphatic heterocycles. The first-order chi connectivity index (χ1) is 10.7. The number of carbonyl (C=O) groups excluding carboxylic acids is 1. The van der Waals surface area contributed by atoms with Gasteiger partial charge in [0, 0.05) is 31.7 Å². The number of rotatable bonds is 8.